The number of halogens is 1. The van der Waals surface area contributed by atoms with Crippen LogP contribution in [-0.2, 0) is 14.8 Å². The smallest absolute Gasteiger partial charge is 0.243 e. The van der Waals surface area contributed by atoms with Gasteiger partial charge in [-0.25, -0.2) is 12.8 Å². The van der Waals surface area contributed by atoms with Crippen LogP contribution in [-0.4, -0.2) is 63.3 Å². The molecule has 1 N–H and O–H groups in total. The van der Waals surface area contributed by atoms with E-state index in [0.29, 0.717) is 26.2 Å². The van der Waals surface area contributed by atoms with Gasteiger partial charge in [-0.1, -0.05) is 6.07 Å². The summed E-state index contributed by atoms with van der Waals surface area (Å²) in [7, 11) is -2.55. The van der Waals surface area contributed by atoms with Gasteiger partial charge < -0.3 is 10.2 Å². The maximum atomic E-state index is 13.1. The number of nitrogens with one attached hydrogen (secondary N) is 1. The summed E-state index contributed by atoms with van der Waals surface area (Å²) < 4.78 is 38.7. The normalized spacial score (nSPS) is 16.2. The molecule has 1 aromatic rings. The fourth-order valence-corrected chi connectivity index (χ4v) is 3.25. The van der Waals surface area contributed by atoms with Crippen molar-refractivity contribution in [1.29, 1.82) is 0 Å². The zero-order chi connectivity index (χ0) is 15.5. The van der Waals surface area contributed by atoms with E-state index in [2.05, 4.69) is 5.32 Å². The Morgan fingerprint density at radius 1 is 1.38 bits per heavy atom. The second-order valence-electron chi connectivity index (χ2n) is 4.85. The number of rotatable bonds is 4. The van der Waals surface area contributed by atoms with E-state index in [4.69, 9.17) is 0 Å². The number of carbonyl (C=O) groups excluding carboxylic acids is 1. The Balaban J connectivity index is 2.08. The minimum absolute atomic E-state index is 0.155. The highest BCUT2D eigenvalue weighted by Gasteiger charge is 2.26. The summed E-state index contributed by atoms with van der Waals surface area (Å²) in [5, 5.41) is 3.12. The van der Waals surface area contributed by atoms with Crippen LogP contribution in [0.25, 0.3) is 0 Å². The predicted molar refractivity (Wildman–Crippen MR) is 75.7 cm³/mol. The van der Waals surface area contributed by atoms with Gasteiger partial charge in [0.1, 0.15) is 5.82 Å². The molecule has 1 aliphatic rings. The summed E-state index contributed by atoms with van der Waals surface area (Å²) in [6, 6.07) is 4.75. The molecule has 1 heterocycles. The monoisotopic (exact) mass is 315 g/mol. The lowest BCUT2D eigenvalue weighted by Crippen LogP contribution is -2.49. The molecule has 0 atom stereocenters. The highest BCUT2D eigenvalue weighted by atomic mass is 32.2. The average Bonchev–Trinajstić information content (AvgIpc) is 2.48. The van der Waals surface area contributed by atoms with Gasteiger partial charge in [-0.15, -0.1) is 0 Å². The number of hydrogen-bond donors (Lipinski definition) is 1. The fourth-order valence-electron chi connectivity index (χ4n) is 2.10. The Kier molecular flexibility index (Phi) is 4.92. The maximum Gasteiger partial charge on any atom is 0.243 e. The first-order valence-electron chi connectivity index (χ1n) is 6.61. The molecule has 1 aromatic carbocycles. The number of sulfonamides is 1. The molecule has 1 amide bonds. The first-order chi connectivity index (χ1) is 9.91. The van der Waals surface area contributed by atoms with Crippen LogP contribution in [0.5, 0.6) is 0 Å². The van der Waals surface area contributed by atoms with Crippen molar-refractivity contribution in [3.63, 3.8) is 0 Å². The second kappa shape index (κ2) is 6.50. The molecular formula is C13H18FN3O3S. The van der Waals surface area contributed by atoms with E-state index in [1.165, 1.54) is 25.2 Å². The molecule has 1 aliphatic heterocycles. The van der Waals surface area contributed by atoms with Gasteiger partial charge in [-0.3, -0.25) is 4.79 Å². The third kappa shape index (κ3) is 3.78. The summed E-state index contributed by atoms with van der Waals surface area (Å²) in [4.78, 5) is 13.5. The molecule has 6 nitrogen and oxygen atoms in total. The highest BCUT2D eigenvalue weighted by Crippen LogP contribution is 2.15. The number of amides is 1. The number of nitrogens with zero attached hydrogens (tertiary/aromatic N) is 2. The Morgan fingerprint density at radius 2 is 2.05 bits per heavy atom. The summed E-state index contributed by atoms with van der Waals surface area (Å²) in [5.41, 5.74) is 0. The van der Waals surface area contributed by atoms with Crippen molar-refractivity contribution in [1.82, 2.24) is 14.5 Å². The van der Waals surface area contributed by atoms with Gasteiger partial charge in [0.2, 0.25) is 15.9 Å². The maximum absolute atomic E-state index is 13.1. The van der Waals surface area contributed by atoms with Gasteiger partial charge in [0.15, 0.2) is 0 Å². The minimum Gasteiger partial charge on any atom is -0.339 e. The van der Waals surface area contributed by atoms with Crippen molar-refractivity contribution >= 4 is 15.9 Å². The van der Waals surface area contributed by atoms with Crippen LogP contribution in [0, 0.1) is 5.82 Å². The predicted octanol–water partition coefficient (Wildman–Crippen LogP) is -0.122. The summed E-state index contributed by atoms with van der Waals surface area (Å²) in [6.45, 7) is 2.27. The van der Waals surface area contributed by atoms with Gasteiger partial charge in [0.05, 0.1) is 11.4 Å². The molecule has 0 radical (unpaired) electrons. The molecule has 0 bridgehead atoms. The summed E-state index contributed by atoms with van der Waals surface area (Å²) in [5.74, 6) is -0.878. The fraction of sp³-hybridized carbons (Fsp3) is 0.462. The largest absolute Gasteiger partial charge is 0.339 e. The minimum atomic E-state index is -3.87. The van der Waals surface area contributed by atoms with Gasteiger partial charge in [0, 0.05) is 33.2 Å². The molecular weight excluding hydrogens is 297 g/mol. The Morgan fingerprint density at radius 3 is 2.67 bits per heavy atom. The lowest BCUT2D eigenvalue weighted by atomic mass is 10.3. The van der Waals surface area contributed by atoms with E-state index < -0.39 is 15.8 Å². The van der Waals surface area contributed by atoms with Crippen LogP contribution in [0.2, 0.25) is 0 Å². The summed E-state index contributed by atoms with van der Waals surface area (Å²) >= 11 is 0. The number of piperazine rings is 1. The molecule has 0 spiro atoms. The van der Waals surface area contributed by atoms with E-state index in [0.717, 1.165) is 10.4 Å². The number of carbonyl (C=O) groups is 1. The van der Waals surface area contributed by atoms with Crippen LogP contribution in [0.3, 0.4) is 0 Å². The summed E-state index contributed by atoms with van der Waals surface area (Å²) in [6.07, 6.45) is 0. The van der Waals surface area contributed by atoms with Gasteiger partial charge in [-0.2, -0.15) is 4.31 Å². The van der Waals surface area contributed by atoms with Crippen LogP contribution in [0.4, 0.5) is 4.39 Å². The quantitative estimate of drug-likeness (QED) is 0.841. The second-order valence-corrected chi connectivity index (χ2v) is 6.89. The van der Waals surface area contributed by atoms with E-state index in [9.17, 15) is 17.6 Å². The topological polar surface area (TPSA) is 69.7 Å². The van der Waals surface area contributed by atoms with Crippen molar-refractivity contribution in [3.05, 3.63) is 30.1 Å². The molecule has 21 heavy (non-hydrogen) atoms. The van der Waals surface area contributed by atoms with E-state index in [1.807, 2.05) is 0 Å². The molecule has 0 aromatic heterocycles. The molecule has 0 unspecified atom stereocenters. The first-order valence-corrected chi connectivity index (χ1v) is 8.05. The lowest BCUT2D eigenvalue weighted by molar-refractivity contribution is -0.131. The number of hydrogen-bond acceptors (Lipinski definition) is 4. The molecule has 1 fully saturated rings. The highest BCUT2D eigenvalue weighted by molar-refractivity contribution is 7.89. The first kappa shape index (κ1) is 15.9. The van der Waals surface area contributed by atoms with Crippen molar-refractivity contribution in [2.24, 2.45) is 0 Å². The molecule has 0 saturated carbocycles. The van der Waals surface area contributed by atoms with E-state index in [1.54, 1.807) is 4.90 Å². The Bertz CT molecular complexity index is 615. The number of likely N-dealkylation sites (N-methyl/N-ethyl adjacent to an activating group) is 1. The molecule has 2 rings (SSSR count). The zero-order valence-electron chi connectivity index (χ0n) is 11.8. The lowest BCUT2D eigenvalue weighted by Gasteiger charge is -2.29. The van der Waals surface area contributed by atoms with Gasteiger partial charge >= 0.3 is 0 Å². The molecule has 1 saturated heterocycles. The standard InChI is InChI=1S/C13H18FN3O3S/c1-16(10-13(18)17-7-5-15-6-8-17)21(19,20)12-4-2-3-11(14)9-12/h2-4,9,15H,5-8,10H2,1H3. The van der Waals surface area contributed by atoms with E-state index >= 15 is 0 Å². The van der Waals surface area contributed by atoms with Gasteiger partial charge in [0.25, 0.3) is 0 Å². The van der Waals surface area contributed by atoms with Crippen molar-refractivity contribution in [2.45, 2.75) is 4.90 Å². The van der Waals surface area contributed by atoms with Crippen LogP contribution >= 0.6 is 0 Å². The zero-order valence-corrected chi connectivity index (χ0v) is 12.6. The average molecular weight is 315 g/mol. The van der Waals surface area contributed by atoms with Crippen LogP contribution in [0.1, 0.15) is 0 Å². The van der Waals surface area contributed by atoms with Crippen molar-refractivity contribution in [2.75, 3.05) is 39.8 Å². The van der Waals surface area contributed by atoms with Crippen molar-refractivity contribution < 1.29 is 17.6 Å². The molecule has 116 valence electrons. The third-order valence-electron chi connectivity index (χ3n) is 3.33. The van der Waals surface area contributed by atoms with Crippen LogP contribution in [0.15, 0.2) is 29.2 Å². The van der Waals surface area contributed by atoms with Crippen molar-refractivity contribution in [3.8, 4) is 0 Å². The molecule has 8 heteroatoms. The van der Waals surface area contributed by atoms with Gasteiger partial charge in [-0.05, 0) is 18.2 Å². The third-order valence-corrected chi connectivity index (χ3v) is 5.13. The Hall–Kier alpha value is -1.51. The number of benzene rings is 1. The van der Waals surface area contributed by atoms with E-state index in [-0.39, 0.29) is 17.3 Å². The SMILES string of the molecule is CN(CC(=O)N1CCNCC1)S(=O)(=O)c1cccc(F)c1. The molecule has 0 aliphatic carbocycles. The van der Waals surface area contributed by atoms with Crippen LogP contribution < -0.4 is 5.32 Å². The Labute approximate surface area is 123 Å².